The van der Waals surface area contributed by atoms with Crippen LogP contribution in [0.1, 0.15) is 12.8 Å². The van der Waals surface area contributed by atoms with Crippen LogP contribution >= 0.6 is 0 Å². The first kappa shape index (κ1) is 17.5. The van der Waals surface area contributed by atoms with E-state index in [1.54, 1.807) is 32.4 Å². The lowest BCUT2D eigenvalue weighted by atomic mass is 10.2. The van der Waals surface area contributed by atoms with Crippen LogP contribution in [0.2, 0.25) is 0 Å². The number of nitrogens with one attached hydrogen (secondary N) is 1. The van der Waals surface area contributed by atoms with Gasteiger partial charge in [-0.15, -0.1) is 0 Å². The maximum Gasteiger partial charge on any atom is 0.238 e. The van der Waals surface area contributed by atoms with E-state index in [0.29, 0.717) is 36.8 Å². The number of hydrogen-bond acceptors (Lipinski definition) is 5. The third-order valence-corrected chi connectivity index (χ3v) is 4.61. The van der Waals surface area contributed by atoms with Gasteiger partial charge < -0.3 is 19.7 Å². The number of carbonyl (C=O) groups is 2. The van der Waals surface area contributed by atoms with Gasteiger partial charge in [0.05, 0.1) is 20.8 Å². The highest BCUT2D eigenvalue weighted by atomic mass is 16.5. The molecule has 7 nitrogen and oxygen atoms in total. The average Bonchev–Trinajstić information content (AvgIpc) is 3.46. The van der Waals surface area contributed by atoms with Gasteiger partial charge in [-0.05, 0) is 12.8 Å². The summed E-state index contributed by atoms with van der Waals surface area (Å²) in [6, 6.07) is 5.27. The Hall–Kier alpha value is -2.28. The molecule has 0 aromatic heterocycles. The molecule has 25 heavy (non-hydrogen) atoms. The lowest BCUT2D eigenvalue weighted by Crippen LogP contribution is -2.50. The summed E-state index contributed by atoms with van der Waals surface area (Å²) in [7, 11) is 3.14. The number of nitrogens with zero attached hydrogens (tertiary/aromatic N) is 2. The minimum absolute atomic E-state index is 0.0859. The number of ether oxygens (including phenoxy) is 2. The average molecular weight is 347 g/mol. The fourth-order valence-corrected chi connectivity index (χ4v) is 3.00. The van der Waals surface area contributed by atoms with Crippen LogP contribution in [-0.2, 0) is 9.59 Å². The number of amides is 2. The van der Waals surface area contributed by atoms with Crippen molar-refractivity contribution >= 4 is 17.5 Å². The van der Waals surface area contributed by atoms with E-state index in [2.05, 4.69) is 10.2 Å². The second kappa shape index (κ2) is 7.74. The molecule has 1 aliphatic heterocycles. The molecule has 2 fully saturated rings. The largest absolute Gasteiger partial charge is 0.497 e. The molecule has 0 atom stereocenters. The van der Waals surface area contributed by atoms with Crippen molar-refractivity contribution in [3.05, 3.63) is 18.2 Å². The smallest absolute Gasteiger partial charge is 0.238 e. The van der Waals surface area contributed by atoms with Gasteiger partial charge in [0.2, 0.25) is 11.8 Å². The van der Waals surface area contributed by atoms with Crippen LogP contribution in [0.4, 0.5) is 5.69 Å². The number of piperazine rings is 1. The fourth-order valence-electron chi connectivity index (χ4n) is 3.00. The second-order valence-electron chi connectivity index (χ2n) is 6.53. The Bertz CT molecular complexity index is 615. The molecule has 1 saturated heterocycles. The van der Waals surface area contributed by atoms with E-state index in [4.69, 9.17) is 9.47 Å². The number of carbonyl (C=O) groups excluding carboxylic acids is 2. The minimum Gasteiger partial charge on any atom is -0.497 e. The Kier molecular flexibility index (Phi) is 5.43. The van der Waals surface area contributed by atoms with Crippen LogP contribution in [0.3, 0.4) is 0 Å². The summed E-state index contributed by atoms with van der Waals surface area (Å²) in [5.74, 6) is 1.71. The molecule has 1 N–H and O–H groups in total. The van der Waals surface area contributed by atoms with Gasteiger partial charge in [0.1, 0.15) is 11.5 Å². The van der Waals surface area contributed by atoms with E-state index < -0.39 is 0 Å². The number of rotatable bonds is 6. The maximum absolute atomic E-state index is 12.3. The van der Waals surface area contributed by atoms with Crippen molar-refractivity contribution in [3.8, 4) is 11.5 Å². The minimum atomic E-state index is -0.0859. The van der Waals surface area contributed by atoms with Crippen LogP contribution < -0.4 is 14.8 Å². The number of hydrogen-bond donors (Lipinski definition) is 1. The van der Waals surface area contributed by atoms with E-state index in [0.717, 1.165) is 25.9 Å². The summed E-state index contributed by atoms with van der Waals surface area (Å²) < 4.78 is 10.4. The van der Waals surface area contributed by atoms with Crippen molar-refractivity contribution in [2.45, 2.75) is 12.8 Å². The zero-order valence-electron chi connectivity index (χ0n) is 14.8. The first-order chi connectivity index (χ1) is 12.1. The number of anilines is 1. The molecular weight excluding hydrogens is 322 g/mol. The summed E-state index contributed by atoms with van der Waals surface area (Å²) in [4.78, 5) is 28.4. The monoisotopic (exact) mass is 347 g/mol. The van der Waals surface area contributed by atoms with Gasteiger partial charge in [-0.1, -0.05) is 0 Å². The van der Waals surface area contributed by atoms with E-state index in [9.17, 15) is 9.59 Å². The second-order valence-corrected chi connectivity index (χ2v) is 6.53. The van der Waals surface area contributed by atoms with E-state index in [1.165, 1.54) is 0 Å². The lowest BCUT2D eigenvalue weighted by Gasteiger charge is -2.34. The van der Waals surface area contributed by atoms with Crippen molar-refractivity contribution in [3.63, 3.8) is 0 Å². The zero-order valence-corrected chi connectivity index (χ0v) is 14.8. The molecule has 3 rings (SSSR count). The molecule has 1 aromatic carbocycles. The van der Waals surface area contributed by atoms with Gasteiger partial charge in [0.15, 0.2) is 0 Å². The normalized spacial score (nSPS) is 17.9. The Morgan fingerprint density at radius 2 is 1.64 bits per heavy atom. The van der Waals surface area contributed by atoms with Gasteiger partial charge in [-0.25, -0.2) is 0 Å². The molecule has 2 aliphatic rings. The Morgan fingerprint density at radius 3 is 2.16 bits per heavy atom. The van der Waals surface area contributed by atoms with Gasteiger partial charge in [-0.2, -0.15) is 0 Å². The number of methoxy groups -OCH3 is 2. The van der Waals surface area contributed by atoms with Crippen molar-refractivity contribution in [2.75, 3.05) is 52.3 Å². The summed E-state index contributed by atoms with van der Waals surface area (Å²) >= 11 is 0. The standard InChI is InChI=1S/C18H25N3O4/c1-24-15-9-14(10-16(11-15)25-2)19-17(22)12-20-5-7-21(8-6-20)18(23)13-3-4-13/h9-11,13H,3-8,12H2,1-2H3,(H,19,22). The summed E-state index contributed by atoms with van der Waals surface area (Å²) in [5, 5.41) is 2.88. The van der Waals surface area contributed by atoms with E-state index in [1.807, 2.05) is 4.90 Å². The molecule has 0 spiro atoms. The van der Waals surface area contributed by atoms with Crippen LogP contribution in [0.5, 0.6) is 11.5 Å². The fraction of sp³-hybridized carbons (Fsp3) is 0.556. The Balaban J connectivity index is 1.49. The van der Waals surface area contributed by atoms with Crippen LogP contribution in [-0.4, -0.2) is 68.6 Å². The highest BCUT2D eigenvalue weighted by molar-refractivity contribution is 5.92. The molecule has 1 aromatic rings. The molecule has 0 unspecified atom stereocenters. The van der Waals surface area contributed by atoms with E-state index >= 15 is 0 Å². The molecule has 7 heteroatoms. The quantitative estimate of drug-likeness (QED) is 0.837. The van der Waals surface area contributed by atoms with Crippen molar-refractivity contribution < 1.29 is 19.1 Å². The van der Waals surface area contributed by atoms with Crippen molar-refractivity contribution in [2.24, 2.45) is 5.92 Å². The van der Waals surface area contributed by atoms with Gasteiger partial charge in [0, 0.05) is 56.0 Å². The predicted molar refractivity (Wildman–Crippen MR) is 93.9 cm³/mol. The molecule has 136 valence electrons. The molecule has 2 amide bonds. The maximum atomic E-state index is 12.3. The highest BCUT2D eigenvalue weighted by Crippen LogP contribution is 2.31. The predicted octanol–water partition coefficient (Wildman–Crippen LogP) is 1.20. The summed E-state index contributed by atoms with van der Waals surface area (Å²) in [6.45, 7) is 3.18. The van der Waals surface area contributed by atoms with Crippen LogP contribution in [0, 0.1) is 5.92 Å². The first-order valence-electron chi connectivity index (χ1n) is 8.63. The van der Waals surface area contributed by atoms with Crippen molar-refractivity contribution in [1.82, 2.24) is 9.80 Å². The summed E-state index contributed by atoms with van der Waals surface area (Å²) in [5.41, 5.74) is 0.642. The SMILES string of the molecule is COc1cc(NC(=O)CN2CCN(C(=O)C3CC3)CC2)cc(OC)c1. The van der Waals surface area contributed by atoms with Crippen LogP contribution in [0.15, 0.2) is 18.2 Å². The molecule has 0 radical (unpaired) electrons. The Labute approximate surface area is 147 Å². The molecule has 1 aliphatic carbocycles. The third-order valence-electron chi connectivity index (χ3n) is 4.61. The molecule has 1 heterocycles. The lowest BCUT2D eigenvalue weighted by molar-refractivity contribution is -0.134. The zero-order chi connectivity index (χ0) is 17.8. The van der Waals surface area contributed by atoms with Gasteiger partial charge in [-0.3, -0.25) is 14.5 Å². The number of benzene rings is 1. The van der Waals surface area contributed by atoms with Gasteiger partial charge >= 0.3 is 0 Å². The highest BCUT2D eigenvalue weighted by Gasteiger charge is 2.34. The van der Waals surface area contributed by atoms with Gasteiger partial charge in [0.25, 0.3) is 0 Å². The first-order valence-corrected chi connectivity index (χ1v) is 8.63. The molecule has 1 saturated carbocycles. The van der Waals surface area contributed by atoms with E-state index in [-0.39, 0.29) is 17.7 Å². The van der Waals surface area contributed by atoms with Crippen LogP contribution in [0.25, 0.3) is 0 Å². The Morgan fingerprint density at radius 1 is 1.04 bits per heavy atom. The third kappa shape index (κ3) is 4.63. The topological polar surface area (TPSA) is 71.1 Å². The molecule has 0 bridgehead atoms. The van der Waals surface area contributed by atoms with Crippen molar-refractivity contribution in [1.29, 1.82) is 0 Å². The summed E-state index contributed by atoms with van der Waals surface area (Å²) in [6.07, 6.45) is 2.07. The molecular formula is C18H25N3O4.